The van der Waals surface area contributed by atoms with E-state index < -0.39 is 29.9 Å². The van der Waals surface area contributed by atoms with E-state index in [0.29, 0.717) is 5.56 Å². The summed E-state index contributed by atoms with van der Waals surface area (Å²) in [5, 5.41) is 2.37. The van der Waals surface area contributed by atoms with Crippen LogP contribution in [0.1, 0.15) is 32.4 Å². The molecule has 1 amide bonds. The van der Waals surface area contributed by atoms with Gasteiger partial charge < -0.3 is 19.5 Å². The van der Waals surface area contributed by atoms with E-state index in [0.717, 1.165) is 6.26 Å². The summed E-state index contributed by atoms with van der Waals surface area (Å²) in [6.07, 6.45) is -1.23. The van der Waals surface area contributed by atoms with Crippen molar-refractivity contribution >= 4 is 18.2 Å². The molecule has 0 aliphatic rings. The maximum atomic E-state index is 12.1. The summed E-state index contributed by atoms with van der Waals surface area (Å²) in [6, 6.07) is 7.07. The van der Waals surface area contributed by atoms with E-state index in [-0.39, 0.29) is 0 Å². The van der Waals surface area contributed by atoms with Gasteiger partial charge in [-0.2, -0.15) is 0 Å². The van der Waals surface area contributed by atoms with E-state index in [1.165, 1.54) is 0 Å². The zero-order valence-corrected chi connectivity index (χ0v) is 13.2. The molecule has 0 unspecified atom stereocenters. The Morgan fingerprint density at radius 1 is 1.17 bits per heavy atom. The third kappa shape index (κ3) is 6.64. The lowest BCUT2D eigenvalue weighted by Crippen LogP contribution is -2.39. The summed E-state index contributed by atoms with van der Waals surface area (Å²) in [6.45, 7) is 8.23. The number of carbonyl (C=O) groups is 3. The first kappa shape index (κ1) is 18.2. The first-order valence-corrected chi connectivity index (χ1v) is 6.80. The predicted molar refractivity (Wildman–Crippen MR) is 81.3 cm³/mol. The molecule has 1 aromatic rings. The summed E-state index contributed by atoms with van der Waals surface area (Å²) >= 11 is 0. The number of esters is 1. The van der Waals surface area contributed by atoms with Crippen molar-refractivity contribution in [3.63, 3.8) is 0 Å². The molecule has 0 fully saturated rings. The summed E-state index contributed by atoms with van der Waals surface area (Å²) in [5.74, 6) is -1.01. The lowest BCUT2D eigenvalue weighted by Gasteiger charge is -2.22. The summed E-state index contributed by atoms with van der Waals surface area (Å²) in [4.78, 5) is 35.2. The minimum Gasteiger partial charge on any atom is -0.444 e. The van der Waals surface area contributed by atoms with Crippen molar-refractivity contribution in [3.8, 4) is 0 Å². The van der Waals surface area contributed by atoms with Gasteiger partial charge in [0.05, 0.1) is 6.26 Å². The molecular formula is C16H19NO6. The number of ether oxygens (including phenoxy) is 3. The Bertz CT molecular complexity index is 576. The first-order chi connectivity index (χ1) is 10.7. The van der Waals surface area contributed by atoms with Gasteiger partial charge in [-0.1, -0.05) is 36.9 Å². The summed E-state index contributed by atoms with van der Waals surface area (Å²) < 4.78 is 13.9. The van der Waals surface area contributed by atoms with Gasteiger partial charge in [-0.15, -0.1) is 0 Å². The molecule has 0 heterocycles. The molecule has 1 atom stereocenters. The quantitative estimate of drug-likeness (QED) is 0.520. The Kier molecular flexibility index (Phi) is 6.32. The lowest BCUT2D eigenvalue weighted by atomic mass is 10.1. The van der Waals surface area contributed by atoms with Crippen LogP contribution in [0, 0.1) is 0 Å². The highest BCUT2D eigenvalue weighted by molar-refractivity contribution is 5.89. The van der Waals surface area contributed by atoms with Crippen LogP contribution in [0.3, 0.4) is 0 Å². The molecule has 0 saturated carbocycles. The molecule has 7 heteroatoms. The molecule has 0 aliphatic heterocycles. The Balaban J connectivity index is 2.90. The van der Waals surface area contributed by atoms with Gasteiger partial charge in [-0.05, 0) is 26.3 Å². The van der Waals surface area contributed by atoms with Gasteiger partial charge in [-0.25, -0.2) is 14.4 Å². The molecule has 0 saturated heterocycles. The number of amides is 1. The molecule has 7 nitrogen and oxygen atoms in total. The number of hydrogen-bond acceptors (Lipinski definition) is 6. The SMILES string of the molecule is C=COC(=O)OC(=O)[C@@H](NC(=O)OC(C)(C)C)c1ccccc1. The minimum absolute atomic E-state index is 0.426. The molecule has 0 aromatic heterocycles. The van der Waals surface area contributed by atoms with Gasteiger partial charge in [-0.3, -0.25) is 0 Å². The summed E-state index contributed by atoms with van der Waals surface area (Å²) in [7, 11) is 0. The van der Waals surface area contributed by atoms with Crippen LogP contribution < -0.4 is 5.32 Å². The molecule has 1 rings (SSSR count). The monoisotopic (exact) mass is 321 g/mol. The molecule has 0 aliphatic carbocycles. The largest absolute Gasteiger partial charge is 0.521 e. The van der Waals surface area contributed by atoms with Crippen molar-refractivity contribution in [1.29, 1.82) is 0 Å². The number of alkyl carbamates (subject to hydrolysis) is 1. The van der Waals surface area contributed by atoms with Crippen LogP contribution in [-0.2, 0) is 19.0 Å². The van der Waals surface area contributed by atoms with Gasteiger partial charge in [0, 0.05) is 0 Å². The van der Waals surface area contributed by atoms with Gasteiger partial charge in [0.15, 0.2) is 6.04 Å². The van der Waals surface area contributed by atoms with E-state index in [1.54, 1.807) is 51.1 Å². The Morgan fingerprint density at radius 3 is 2.30 bits per heavy atom. The van der Waals surface area contributed by atoms with Crippen LogP contribution in [0.4, 0.5) is 9.59 Å². The minimum atomic E-state index is -1.24. The maximum Gasteiger partial charge on any atom is 0.521 e. The highest BCUT2D eigenvalue weighted by Crippen LogP contribution is 2.16. The Labute approximate surface area is 134 Å². The van der Waals surface area contributed by atoms with Gasteiger partial charge in [0.1, 0.15) is 5.60 Å². The third-order valence-electron chi connectivity index (χ3n) is 2.39. The lowest BCUT2D eigenvalue weighted by molar-refractivity contribution is -0.141. The molecule has 0 radical (unpaired) electrons. The standard InChI is InChI=1S/C16H19NO6/c1-5-21-15(20)22-13(18)12(11-9-7-6-8-10-11)17-14(19)23-16(2,3)4/h5-10,12H,1H2,2-4H3,(H,17,19)/t12-/m0/s1. The fourth-order valence-corrected chi connectivity index (χ4v) is 1.58. The molecule has 23 heavy (non-hydrogen) atoms. The van der Waals surface area contributed by atoms with Crippen molar-refractivity contribution in [3.05, 3.63) is 48.7 Å². The van der Waals surface area contributed by atoms with Crippen LogP contribution in [0.25, 0.3) is 0 Å². The molecule has 0 bridgehead atoms. The Morgan fingerprint density at radius 2 is 1.78 bits per heavy atom. The number of rotatable bonds is 4. The fraction of sp³-hybridized carbons (Fsp3) is 0.312. The van der Waals surface area contributed by atoms with Crippen molar-refractivity contribution in [2.75, 3.05) is 0 Å². The predicted octanol–water partition coefficient (Wildman–Crippen LogP) is 3.08. The van der Waals surface area contributed by atoms with Crippen LogP contribution in [-0.4, -0.2) is 23.8 Å². The van der Waals surface area contributed by atoms with Gasteiger partial charge in [0.25, 0.3) is 0 Å². The molecular weight excluding hydrogens is 302 g/mol. The van der Waals surface area contributed by atoms with E-state index in [4.69, 9.17) is 4.74 Å². The van der Waals surface area contributed by atoms with Crippen LogP contribution >= 0.6 is 0 Å². The van der Waals surface area contributed by atoms with E-state index >= 15 is 0 Å². The second kappa shape index (κ2) is 7.98. The average Bonchev–Trinajstić information content (AvgIpc) is 2.44. The molecule has 1 N–H and O–H groups in total. The number of hydrogen-bond donors (Lipinski definition) is 1. The zero-order chi connectivity index (χ0) is 17.5. The van der Waals surface area contributed by atoms with Crippen LogP contribution in [0.15, 0.2) is 43.2 Å². The number of carbonyl (C=O) groups excluding carboxylic acids is 3. The zero-order valence-electron chi connectivity index (χ0n) is 13.2. The average molecular weight is 321 g/mol. The van der Waals surface area contributed by atoms with E-state index in [1.807, 2.05) is 0 Å². The Hall–Kier alpha value is -2.83. The molecule has 0 spiro atoms. The second-order valence-corrected chi connectivity index (χ2v) is 5.45. The van der Waals surface area contributed by atoms with Gasteiger partial charge in [0.2, 0.25) is 0 Å². The van der Waals surface area contributed by atoms with Crippen LogP contribution in [0.5, 0.6) is 0 Å². The smallest absolute Gasteiger partial charge is 0.444 e. The van der Waals surface area contributed by atoms with Crippen molar-refractivity contribution in [2.45, 2.75) is 32.4 Å². The topological polar surface area (TPSA) is 90.9 Å². The van der Waals surface area contributed by atoms with Crippen molar-refractivity contribution < 1.29 is 28.6 Å². The van der Waals surface area contributed by atoms with Crippen molar-refractivity contribution in [1.82, 2.24) is 5.32 Å². The highest BCUT2D eigenvalue weighted by atomic mass is 16.7. The number of nitrogens with one attached hydrogen (secondary N) is 1. The van der Waals surface area contributed by atoms with E-state index in [9.17, 15) is 14.4 Å². The number of benzene rings is 1. The van der Waals surface area contributed by atoms with Gasteiger partial charge >= 0.3 is 18.2 Å². The highest BCUT2D eigenvalue weighted by Gasteiger charge is 2.29. The fourth-order valence-electron chi connectivity index (χ4n) is 1.58. The normalized spacial score (nSPS) is 11.8. The van der Waals surface area contributed by atoms with Crippen LogP contribution in [0.2, 0.25) is 0 Å². The molecule has 1 aromatic carbocycles. The second-order valence-electron chi connectivity index (χ2n) is 5.45. The van der Waals surface area contributed by atoms with Crippen molar-refractivity contribution in [2.24, 2.45) is 0 Å². The van der Waals surface area contributed by atoms with E-state index in [2.05, 4.69) is 21.4 Å². The third-order valence-corrected chi connectivity index (χ3v) is 2.39. The molecule has 124 valence electrons. The maximum absolute atomic E-state index is 12.1. The summed E-state index contributed by atoms with van der Waals surface area (Å²) in [5.41, 5.74) is -0.313. The first-order valence-electron chi connectivity index (χ1n) is 6.80.